The Labute approximate surface area is 130 Å². The van der Waals surface area contributed by atoms with Crippen LogP contribution < -0.4 is 10.1 Å². The average molecular weight is 329 g/mol. The first-order valence-electron chi connectivity index (χ1n) is 5.96. The summed E-state index contributed by atoms with van der Waals surface area (Å²) in [5.74, 6) is 1.35. The monoisotopic (exact) mass is 329 g/mol. The minimum atomic E-state index is 0.645. The lowest BCUT2D eigenvalue weighted by Gasteiger charge is -2.11. The number of aromatic nitrogens is 4. The van der Waals surface area contributed by atoms with Gasteiger partial charge in [-0.1, -0.05) is 30.0 Å². The van der Waals surface area contributed by atoms with Gasteiger partial charge in [-0.3, -0.25) is 0 Å². The summed E-state index contributed by atoms with van der Waals surface area (Å²) >= 11 is 4.56. The fourth-order valence-corrected chi connectivity index (χ4v) is 3.81. The standard InChI is InChI=1S/C11H15N5OS3/c1-4-5-12-8-7(17-2)9(14-6-13-8)19-11-16-15-10(18-3)20-11/h6H,4-5H2,1-3H3,(H,12,13,14). The Morgan fingerprint density at radius 2 is 2.10 bits per heavy atom. The van der Waals surface area contributed by atoms with E-state index in [1.807, 2.05) is 6.26 Å². The van der Waals surface area contributed by atoms with Crippen LogP contribution >= 0.6 is 34.9 Å². The zero-order valence-electron chi connectivity index (χ0n) is 11.4. The molecule has 2 rings (SSSR count). The molecule has 6 nitrogen and oxygen atoms in total. The summed E-state index contributed by atoms with van der Waals surface area (Å²) in [6, 6.07) is 0. The lowest BCUT2D eigenvalue weighted by Crippen LogP contribution is -2.05. The second-order valence-corrected chi connectivity index (χ2v) is 6.89. The van der Waals surface area contributed by atoms with E-state index in [-0.39, 0.29) is 0 Å². The van der Waals surface area contributed by atoms with E-state index in [0.29, 0.717) is 11.6 Å². The molecule has 2 aromatic heterocycles. The van der Waals surface area contributed by atoms with Crippen molar-refractivity contribution in [3.8, 4) is 5.75 Å². The summed E-state index contributed by atoms with van der Waals surface area (Å²) in [7, 11) is 1.62. The number of ether oxygens (including phenoxy) is 1. The van der Waals surface area contributed by atoms with Crippen LogP contribution in [0.4, 0.5) is 5.82 Å². The Bertz CT molecular complexity index is 563. The number of hydrogen-bond donors (Lipinski definition) is 1. The van der Waals surface area contributed by atoms with Gasteiger partial charge in [-0.25, -0.2) is 9.97 Å². The van der Waals surface area contributed by atoms with Crippen LogP contribution in [0.25, 0.3) is 0 Å². The van der Waals surface area contributed by atoms with Gasteiger partial charge >= 0.3 is 0 Å². The Kier molecular flexibility index (Phi) is 5.86. The minimum absolute atomic E-state index is 0.645. The van der Waals surface area contributed by atoms with Gasteiger partial charge in [-0.05, 0) is 24.4 Å². The third kappa shape index (κ3) is 3.74. The van der Waals surface area contributed by atoms with Crippen molar-refractivity contribution in [2.24, 2.45) is 0 Å². The molecule has 0 fully saturated rings. The van der Waals surface area contributed by atoms with E-state index in [0.717, 1.165) is 26.7 Å². The van der Waals surface area contributed by atoms with Crippen molar-refractivity contribution in [3.63, 3.8) is 0 Å². The third-order valence-electron chi connectivity index (χ3n) is 2.26. The lowest BCUT2D eigenvalue weighted by atomic mass is 10.4. The molecule has 0 aliphatic rings. The first-order chi connectivity index (χ1) is 9.78. The fraction of sp³-hybridized carbons (Fsp3) is 0.455. The predicted molar refractivity (Wildman–Crippen MR) is 83.2 cm³/mol. The Morgan fingerprint density at radius 1 is 1.30 bits per heavy atom. The quantitative estimate of drug-likeness (QED) is 0.614. The van der Waals surface area contributed by atoms with Crippen molar-refractivity contribution in [2.45, 2.75) is 27.0 Å². The summed E-state index contributed by atoms with van der Waals surface area (Å²) in [4.78, 5) is 8.48. The van der Waals surface area contributed by atoms with Gasteiger partial charge in [0.1, 0.15) is 6.33 Å². The van der Waals surface area contributed by atoms with Gasteiger partial charge in [0.15, 0.2) is 25.3 Å². The molecule has 2 aromatic rings. The maximum atomic E-state index is 5.42. The van der Waals surface area contributed by atoms with Crippen molar-refractivity contribution >= 4 is 40.7 Å². The molecule has 0 atom stereocenters. The van der Waals surface area contributed by atoms with E-state index in [1.54, 1.807) is 18.9 Å². The molecular weight excluding hydrogens is 314 g/mol. The maximum Gasteiger partial charge on any atom is 0.194 e. The van der Waals surface area contributed by atoms with Crippen molar-refractivity contribution < 1.29 is 4.74 Å². The largest absolute Gasteiger partial charge is 0.490 e. The molecule has 2 heterocycles. The van der Waals surface area contributed by atoms with Gasteiger partial charge in [-0.2, -0.15) is 0 Å². The van der Waals surface area contributed by atoms with Crippen molar-refractivity contribution in [1.29, 1.82) is 0 Å². The van der Waals surface area contributed by atoms with Crippen LogP contribution in [0.1, 0.15) is 13.3 Å². The summed E-state index contributed by atoms with van der Waals surface area (Å²) < 4.78 is 7.20. The summed E-state index contributed by atoms with van der Waals surface area (Å²) in [5, 5.41) is 12.2. The highest BCUT2D eigenvalue weighted by Crippen LogP contribution is 2.38. The van der Waals surface area contributed by atoms with Crippen LogP contribution in [0.5, 0.6) is 5.75 Å². The number of nitrogens with zero attached hydrogens (tertiary/aromatic N) is 4. The first kappa shape index (κ1) is 15.3. The highest BCUT2D eigenvalue weighted by atomic mass is 32.2. The summed E-state index contributed by atoms with van der Waals surface area (Å²) in [6.45, 7) is 2.94. The smallest absolute Gasteiger partial charge is 0.194 e. The number of thioether (sulfide) groups is 1. The topological polar surface area (TPSA) is 72.8 Å². The summed E-state index contributed by atoms with van der Waals surface area (Å²) in [5.41, 5.74) is 0. The van der Waals surface area contributed by atoms with Gasteiger partial charge in [0.2, 0.25) is 0 Å². The fourth-order valence-electron chi connectivity index (χ4n) is 1.39. The van der Waals surface area contributed by atoms with Crippen LogP contribution in [0.3, 0.4) is 0 Å². The van der Waals surface area contributed by atoms with E-state index in [4.69, 9.17) is 4.74 Å². The highest BCUT2D eigenvalue weighted by Gasteiger charge is 2.15. The number of methoxy groups -OCH3 is 1. The van der Waals surface area contributed by atoms with E-state index in [1.165, 1.54) is 29.4 Å². The van der Waals surface area contributed by atoms with Gasteiger partial charge in [0.05, 0.1) is 7.11 Å². The zero-order chi connectivity index (χ0) is 14.4. The average Bonchev–Trinajstić information content (AvgIpc) is 2.93. The first-order valence-corrected chi connectivity index (χ1v) is 8.82. The number of hydrogen-bond acceptors (Lipinski definition) is 9. The minimum Gasteiger partial charge on any atom is -0.490 e. The van der Waals surface area contributed by atoms with Crippen LogP contribution in [0.2, 0.25) is 0 Å². The van der Waals surface area contributed by atoms with Crippen LogP contribution in [0.15, 0.2) is 20.0 Å². The molecule has 0 unspecified atom stereocenters. The maximum absolute atomic E-state index is 5.42. The van der Waals surface area contributed by atoms with Crippen molar-refractivity contribution in [1.82, 2.24) is 20.2 Å². The van der Waals surface area contributed by atoms with Gasteiger partial charge in [-0.15, -0.1) is 10.2 Å². The second kappa shape index (κ2) is 7.65. The Balaban J connectivity index is 2.21. The highest BCUT2D eigenvalue weighted by molar-refractivity contribution is 8.03. The predicted octanol–water partition coefficient (Wildman–Crippen LogP) is 3.03. The summed E-state index contributed by atoms with van der Waals surface area (Å²) in [6.07, 6.45) is 4.52. The zero-order valence-corrected chi connectivity index (χ0v) is 13.9. The van der Waals surface area contributed by atoms with Crippen LogP contribution in [0, 0.1) is 0 Å². The molecule has 0 aliphatic heterocycles. The molecule has 20 heavy (non-hydrogen) atoms. The Morgan fingerprint density at radius 3 is 2.75 bits per heavy atom. The van der Waals surface area contributed by atoms with Crippen molar-refractivity contribution in [2.75, 3.05) is 25.2 Å². The molecule has 0 bridgehead atoms. The molecule has 0 radical (unpaired) electrons. The van der Waals surface area contributed by atoms with Crippen molar-refractivity contribution in [3.05, 3.63) is 6.33 Å². The van der Waals surface area contributed by atoms with Gasteiger partial charge in [0, 0.05) is 6.54 Å². The van der Waals surface area contributed by atoms with E-state index in [2.05, 4.69) is 32.4 Å². The van der Waals surface area contributed by atoms with Crippen LogP contribution in [-0.2, 0) is 0 Å². The van der Waals surface area contributed by atoms with E-state index >= 15 is 0 Å². The van der Waals surface area contributed by atoms with E-state index in [9.17, 15) is 0 Å². The molecule has 0 saturated carbocycles. The molecule has 0 aliphatic carbocycles. The SMILES string of the molecule is CCCNc1ncnc(Sc2nnc(SC)s2)c1OC. The lowest BCUT2D eigenvalue weighted by molar-refractivity contribution is 0.400. The number of nitrogens with one attached hydrogen (secondary N) is 1. The normalized spacial score (nSPS) is 10.6. The van der Waals surface area contributed by atoms with Crippen LogP contribution in [-0.4, -0.2) is 40.1 Å². The molecular formula is C11H15N5OS3. The molecule has 108 valence electrons. The molecule has 0 spiro atoms. The third-order valence-corrected chi connectivity index (χ3v) is 5.20. The molecule has 0 saturated heterocycles. The van der Waals surface area contributed by atoms with E-state index < -0.39 is 0 Å². The van der Waals surface area contributed by atoms with Gasteiger partial charge in [0.25, 0.3) is 0 Å². The second-order valence-electron chi connectivity index (χ2n) is 3.63. The molecule has 0 amide bonds. The molecule has 0 aromatic carbocycles. The number of rotatable bonds is 7. The number of anilines is 1. The van der Waals surface area contributed by atoms with Gasteiger partial charge < -0.3 is 10.1 Å². The molecule has 9 heteroatoms. The Hall–Kier alpha value is -1.06. The molecule has 1 N–H and O–H groups in total.